The van der Waals surface area contributed by atoms with Crippen molar-refractivity contribution in [2.24, 2.45) is 0 Å². The summed E-state index contributed by atoms with van der Waals surface area (Å²) in [4.78, 5) is 3.90. The maximum absolute atomic E-state index is 12.9. The molecule has 1 aliphatic heterocycles. The highest BCUT2D eigenvalue weighted by atomic mass is 32.2. The number of piperazine rings is 1. The van der Waals surface area contributed by atoms with Crippen LogP contribution >= 0.6 is 11.8 Å². The van der Waals surface area contributed by atoms with Crippen molar-refractivity contribution in [3.8, 4) is 0 Å². The first-order valence-corrected chi connectivity index (χ1v) is 11.6. The van der Waals surface area contributed by atoms with Crippen LogP contribution in [0.4, 0.5) is 5.69 Å². The lowest BCUT2D eigenvalue weighted by atomic mass is 10.0. The summed E-state index contributed by atoms with van der Waals surface area (Å²) in [6.45, 7) is 6.65. The highest BCUT2D eigenvalue weighted by Crippen LogP contribution is 2.30. The normalized spacial score (nSPS) is 16.2. The summed E-state index contributed by atoms with van der Waals surface area (Å²) in [5.41, 5.74) is 2.35. The van der Waals surface area contributed by atoms with Gasteiger partial charge in [0.1, 0.15) is 0 Å². The number of hydrogen-bond donors (Lipinski definition) is 0. The van der Waals surface area contributed by atoms with Gasteiger partial charge in [-0.1, -0.05) is 38.1 Å². The molecule has 0 radical (unpaired) electrons. The summed E-state index contributed by atoms with van der Waals surface area (Å²) in [6, 6.07) is 15.6. The van der Waals surface area contributed by atoms with Gasteiger partial charge in [-0.2, -0.15) is 4.31 Å². The second-order valence-electron chi connectivity index (χ2n) is 6.79. The average Bonchev–Trinajstić information content (AvgIpc) is 2.68. The van der Waals surface area contributed by atoms with E-state index in [1.165, 1.54) is 10.6 Å². The molecule has 0 aliphatic carbocycles. The quantitative estimate of drug-likeness (QED) is 0.723. The van der Waals surface area contributed by atoms with Crippen molar-refractivity contribution in [2.75, 3.05) is 37.3 Å². The predicted molar refractivity (Wildman–Crippen MR) is 110 cm³/mol. The van der Waals surface area contributed by atoms with E-state index in [1.807, 2.05) is 24.3 Å². The van der Waals surface area contributed by atoms with E-state index in [-0.39, 0.29) is 0 Å². The smallest absolute Gasteiger partial charge is 0.243 e. The molecule has 4 nitrogen and oxygen atoms in total. The Balaban J connectivity index is 1.72. The molecule has 26 heavy (non-hydrogen) atoms. The van der Waals surface area contributed by atoms with Crippen LogP contribution in [-0.2, 0) is 10.0 Å². The number of nitrogens with zero attached hydrogens (tertiary/aromatic N) is 2. The average molecular weight is 391 g/mol. The summed E-state index contributed by atoms with van der Waals surface area (Å²) in [5, 5.41) is 0. The zero-order valence-corrected chi connectivity index (χ0v) is 17.2. The Hall–Kier alpha value is -1.50. The van der Waals surface area contributed by atoms with E-state index in [0.29, 0.717) is 37.0 Å². The van der Waals surface area contributed by atoms with Gasteiger partial charge in [0.2, 0.25) is 10.0 Å². The maximum atomic E-state index is 12.9. The van der Waals surface area contributed by atoms with E-state index < -0.39 is 10.0 Å². The minimum atomic E-state index is -3.42. The first-order valence-electron chi connectivity index (χ1n) is 8.91. The van der Waals surface area contributed by atoms with Gasteiger partial charge in [0.25, 0.3) is 0 Å². The van der Waals surface area contributed by atoms with Gasteiger partial charge in [-0.15, -0.1) is 11.8 Å². The first-order chi connectivity index (χ1) is 12.4. The Bertz CT molecular complexity index is 840. The molecule has 0 unspecified atom stereocenters. The molecule has 0 N–H and O–H groups in total. The van der Waals surface area contributed by atoms with E-state index in [2.05, 4.69) is 37.1 Å². The summed E-state index contributed by atoms with van der Waals surface area (Å²) in [6.07, 6.45) is 2.07. The number of benzene rings is 2. The second kappa shape index (κ2) is 8.03. The summed E-state index contributed by atoms with van der Waals surface area (Å²) in [5.74, 6) is 0.395. The molecule has 1 heterocycles. The van der Waals surface area contributed by atoms with Gasteiger partial charge < -0.3 is 4.90 Å². The SMILES string of the molecule is CSc1ccccc1N1CCN(S(=O)(=O)c2ccc(C(C)C)cc2)CC1. The topological polar surface area (TPSA) is 40.6 Å². The lowest BCUT2D eigenvalue weighted by molar-refractivity contribution is 0.384. The Morgan fingerprint density at radius 2 is 1.54 bits per heavy atom. The fraction of sp³-hybridized carbons (Fsp3) is 0.400. The largest absolute Gasteiger partial charge is 0.368 e. The molecule has 0 saturated carbocycles. The number of rotatable bonds is 5. The molecule has 1 saturated heterocycles. The van der Waals surface area contributed by atoms with Gasteiger partial charge in [0.15, 0.2) is 0 Å². The van der Waals surface area contributed by atoms with Crippen LogP contribution in [0.5, 0.6) is 0 Å². The van der Waals surface area contributed by atoms with Crippen LogP contribution < -0.4 is 4.90 Å². The van der Waals surface area contributed by atoms with E-state index in [0.717, 1.165) is 5.56 Å². The highest BCUT2D eigenvalue weighted by molar-refractivity contribution is 7.98. The monoisotopic (exact) mass is 390 g/mol. The maximum Gasteiger partial charge on any atom is 0.243 e. The first kappa shape index (κ1) is 19.3. The fourth-order valence-electron chi connectivity index (χ4n) is 3.23. The van der Waals surface area contributed by atoms with Crippen molar-refractivity contribution >= 4 is 27.5 Å². The molecule has 0 spiro atoms. The minimum Gasteiger partial charge on any atom is -0.368 e. The number of hydrogen-bond acceptors (Lipinski definition) is 4. The van der Waals surface area contributed by atoms with Gasteiger partial charge in [-0.3, -0.25) is 0 Å². The van der Waals surface area contributed by atoms with Crippen LogP contribution in [0.15, 0.2) is 58.3 Å². The van der Waals surface area contributed by atoms with E-state index >= 15 is 0 Å². The van der Waals surface area contributed by atoms with Crippen molar-refractivity contribution in [1.29, 1.82) is 0 Å². The molecule has 2 aromatic carbocycles. The van der Waals surface area contributed by atoms with E-state index in [9.17, 15) is 8.42 Å². The Kier molecular flexibility index (Phi) is 5.95. The molecule has 0 amide bonds. The molecule has 3 rings (SSSR count). The van der Waals surface area contributed by atoms with Crippen molar-refractivity contribution < 1.29 is 8.42 Å². The Morgan fingerprint density at radius 1 is 0.923 bits per heavy atom. The summed E-state index contributed by atoms with van der Waals surface area (Å²) < 4.78 is 27.5. The van der Waals surface area contributed by atoms with Crippen molar-refractivity contribution in [3.63, 3.8) is 0 Å². The molecule has 0 atom stereocenters. The molecule has 0 bridgehead atoms. The number of para-hydroxylation sites is 1. The van der Waals surface area contributed by atoms with Crippen LogP contribution in [-0.4, -0.2) is 45.2 Å². The molecular weight excluding hydrogens is 364 g/mol. The van der Waals surface area contributed by atoms with Crippen molar-refractivity contribution in [3.05, 3.63) is 54.1 Å². The molecule has 0 aromatic heterocycles. The van der Waals surface area contributed by atoms with Gasteiger partial charge in [-0.05, 0) is 42.0 Å². The highest BCUT2D eigenvalue weighted by Gasteiger charge is 2.29. The molecule has 1 fully saturated rings. The van der Waals surface area contributed by atoms with Crippen molar-refractivity contribution in [1.82, 2.24) is 4.31 Å². The lowest BCUT2D eigenvalue weighted by Crippen LogP contribution is -2.48. The van der Waals surface area contributed by atoms with Gasteiger partial charge in [-0.25, -0.2) is 8.42 Å². The van der Waals surface area contributed by atoms with Gasteiger partial charge in [0, 0.05) is 31.1 Å². The fourth-order valence-corrected chi connectivity index (χ4v) is 5.28. The third-order valence-electron chi connectivity index (χ3n) is 4.85. The van der Waals surface area contributed by atoms with Crippen molar-refractivity contribution in [2.45, 2.75) is 29.6 Å². The van der Waals surface area contributed by atoms with Gasteiger partial charge in [0.05, 0.1) is 10.6 Å². The van der Waals surface area contributed by atoms with Crippen LogP contribution in [0.25, 0.3) is 0 Å². The second-order valence-corrected chi connectivity index (χ2v) is 9.57. The number of thioether (sulfide) groups is 1. The van der Waals surface area contributed by atoms with Crippen LogP contribution in [0.3, 0.4) is 0 Å². The van der Waals surface area contributed by atoms with Gasteiger partial charge >= 0.3 is 0 Å². The molecule has 140 valence electrons. The third kappa shape index (κ3) is 3.92. The summed E-state index contributed by atoms with van der Waals surface area (Å²) in [7, 11) is -3.42. The Morgan fingerprint density at radius 3 is 2.12 bits per heavy atom. The zero-order valence-electron chi connectivity index (χ0n) is 15.6. The molecule has 6 heteroatoms. The van der Waals surface area contributed by atoms with E-state index in [1.54, 1.807) is 28.2 Å². The summed E-state index contributed by atoms with van der Waals surface area (Å²) >= 11 is 1.72. The van der Waals surface area contributed by atoms with Crippen LogP contribution in [0.1, 0.15) is 25.3 Å². The third-order valence-corrected chi connectivity index (χ3v) is 7.55. The molecular formula is C20H26N2O2S2. The standard InChI is InChI=1S/C20H26N2O2S2/c1-16(2)17-8-10-18(11-9-17)26(23,24)22-14-12-21(13-15-22)19-6-4-5-7-20(19)25-3/h4-11,16H,12-15H2,1-3H3. The van der Waals surface area contributed by atoms with Crippen LogP contribution in [0.2, 0.25) is 0 Å². The number of anilines is 1. The Labute approximate surface area is 161 Å². The predicted octanol–water partition coefficient (Wildman–Crippen LogP) is 4.04. The minimum absolute atomic E-state index is 0.389. The molecule has 1 aliphatic rings. The van der Waals surface area contributed by atoms with E-state index in [4.69, 9.17) is 0 Å². The van der Waals surface area contributed by atoms with Crippen LogP contribution in [0, 0.1) is 0 Å². The lowest BCUT2D eigenvalue weighted by Gasteiger charge is -2.36. The zero-order chi connectivity index (χ0) is 18.7. The number of sulfonamides is 1. The molecule has 2 aromatic rings.